The van der Waals surface area contributed by atoms with Gasteiger partial charge in [-0.1, -0.05) is 6.07 Å². The number of benzene rings is 1. The lowest BCUT2D eigenvalue weighted by Gasteiger charge is -2.43. The third kappa shape index (κ3) is 5.62. The van der Waals surface area contributed by atoms with Gasteiger partial charge in [-0.05, 0) is 62.6 Å². The van der Waals surface area contributed by atoms with E-state index in [2.05, 4.69) is 15.0 Å². The van der Waals surface area contributed by atoms with Gasteiger partial charge in [-0.25, -0.2) is 0 Å². The van der Waals surface area contributed by atoms with Crippen LogP contribution in [0, 0.1) is 19.8 Å². The van der Waals surface area contributed by atoms with Crippen LogP contribution in [0.5, 0.6) is 5.75 Å². The van der Waals surface area contributed by atoms with E-state index in [0.717, 1.165) is 36.1 Å². The Morgan fingerprint density at radius 1 is 1.30 bits per heavy atom. The summed E-state index contributed by atoms with van der Waals surface area (Å²) in [6, 6.07) is 4.11. The molecule has 2 N–H and O–H groups in total. The van der Waals surface area contributed by atoms with Crippen molar-refractivity contribution in [2.24, 2.45) is 5.92 Å². The van der Waals surface area contributed by atoms with E-state index in [1.165, 1.54) is 12.8 Å². The summed E-state index contributed by atoms with van der Waals surface area (Å²) in [7, 11) is 0. The average Bonchev–Trinajstić information content (AvgIpc) is 3.33. The zero-order valence-electron chi connectivity index (χ0n) is 15.9. The maximum Gasteiger partial charge on any atom is 0.387 e. The molecule has 0 aromatic heterocycles. The highest BCUT2D eigenvalue weighted by atomic mass is 19.3. The van der Waals surface area contributed by atoms with Gasteiger partial charge in [-0.15, -0.1) is 0 Å². The van der Waals surface area contributed by atoms with Crippen LogP contribution in [0.2, 0.25) is 0 Å². The molecule has 1 aromatic carbocycles. The lowest BCUT2D eigenvalue weighted by atomic mass is 9.85. The molecule has 7 heteroatoms. The Morgan fingerprint density at radius 3 is 2.56 bits per heavy atom. The number of carbonyl (C=O) groups is 1. The highest BCUT2D eigenvalue weighted by Gasteiger charge is 2.36. The second-order valence-corrected chi connectivity index (χ2v) is 7.89. The molecule has 150 valence electrons. The number of hydrogen-bond donors (Lipinski definition) is 2. The lowest BCUT2D eigenvalue weighted by molar-refractivity contribution is -0.139. The number of rotatable bonds is 10. The quantitative estimate of drug-likeness (QED) is 0.650. The van der Waals surface area contributed by atoms with Crippen LogP contribution in [-0.4, -0.2) is 47.8 Å². The Hall–Kier alpha value is -1.73. The van der Waals surface area contributed by atoms with E-state index in [9.17, 15) is 13.6 Å². The molecule has 0 aliphatic heterocycles. The number of aryl methyl sites for hydroxylation is 2. The number of carboxylic acids is 1. The lowest BCUT2D eigenvalue weighted by Crippen LogP contribution is -2.54. The average molecular weight is 382 g/mol. The molecule has 0 heterocycles. The molecule has 3 rings (SSSR count). The van der Waals surface area contributed by atoms with Crippen LogP contribution in [-0.2, 0) is 11.3 Å². The molecule has 0 amide bonds. The SMILES string of the molecule is Cc1cc(CNC2CC(N(CC(=O)O)CC3CC3)C2)c(OC(F)F)cc1C. The minimum absolute atomic E-state index is 0.0947. The molecule has 2 saturated carbocycles. The third-order valence-corrected chi connectivity index (χ3v) is 5.63. The molecule has 2 fully saturated rings. The van der Waals surface area contributed by atoms with Gasteiger partial charge in [0.1, 0.15) is 5.75 Å². The number of halogens is 2. The van der Waals surface area contributed by atoms with E-state index >= 15 is 0 Å². The van der Waals surface area contributed by atoms with E-state index < -0.39 is 12.6 Å². The molecule has 0 spiro atoms. The molecule has 1 aromatic rings. The molecule has 2 aliphatic carbocycles. The van der Waals surface area contributed by atoms with Crippen LogP contribution < -0.4 is 10.1 Å². The van der Waals surface area contributed by atoms with Gasteiger partial charge in [0.15, 0.2) is 0 Å². The minimum Gasteiger partial charge on any atom is -0.480 e. The highest BCUT2D eigenvalue weighted by Crippen LogP contribution is 2.34. The van der Waals surface area contributed by atoms with Crippen molar-refractivity contribution in [3.8, 4) is 5.75 Å². The van der Waals surface area contributed by atoms with Crippen LogP contribution in [0.25, 0.3) is 0 Å². The van der Waals surface area contributed by atoms with Crippen LogP contribution in [0.15, 0.2) is 12.1 Å². The van der Waals surface area contributed by atoms with Crippen molar-refractivity contribution in [2.45, 2.75) is 64.8 Å². The summed E-state index contributed by atoms with van der Waals surface area (Å²) in [5, 5.41) is 12.5. The standard InChI is InChI=1S/C20H28F2N2O3/c1-12-5-15(18(6-13(12)2)27-20(21)22)9-23-16-7-17(8-16)24(11-19(25)26)10-14-3-4-14/h5-6,14,16-17,20,23H,3-4,7-11H2,1-2H3,(H,25,26). The molecule has 0 bridgehead atoms. The summed E-state index contributed by atoms with van der Waals surface area (Å²) in [5.74, 6) is 0.0923. The van der Waals surface area contributed by atoms with Gasteiger partial charge < -0.3 is 15.2 Å². The summed E-state index contributed by atoms with van der Waals surface area (Å²) < 4.78 is 30.0. The first-order valence-electron chi connectivity index (χ1n) is 9.56. The summed E-state index contributed by atoms with van der Waals surface area (Å²) in [6.45, 7) is 2.41. The monoisotopic (exact) mass is 382 g/mol. The van der Waals surface area contributed by atoms with Crippen molar-refractivity contribution < 1.29 is 23.4 Å². The van der Waals surface area contributed by atoms with Gasteiger partial charge in [0.2, 0.25) is 0 Å². The van der Waals surface area contributed by atoms with Crippen molar-refractivity contribution >= 4 is 5.97 Å². The second-order valence-electron chi connectivity index (χ2n) is 7.89. The molecule has 2 aliphatic rings. The summed E-state index contributed by atoms with van der Waals surface area (Å²) in [4.78, 5) is 13.2. The molecular weight excluding hydrogens is 354 g/mol. The first kappa shape index (κ1) is 20.0. The number of aliphatic carboxylic acids is 1. The molecular formula is C20H28F2N2O3. The van der Waals surface area contributed by atoms with Crippen LogP contribution >= 0.6 is 0 Å². The molecule has 0 unspecified atom stereocenters. The predicted octanol–water partition coefficient (Wildman–Crippen LogP) is 3.32. The van der Waals surface area contributed by atoms with E-state index in [1.807, 2.05) is 19.9 Å². The van der Waals surface area contributed by atoms with E-state index in [4.69, 9.17) is 5.11 Å². The summed E-state index contributed by atoms with van der Waals surface area (Å²) in [6.07, 6.45) is 4.17. The molecule has 0 radical (unpaired) electrons. The maximum atomic E-state index is 12.7. The number of nitrogens with one attached hydrogen (secondary N) is 1. The molecule has 0 atom stereocenters. The normalized spacial score (nSPS) is 22.1. The number of alkyl halides is 2. The van der Waals surface area contributed by atoms with E-state index in [-0.39, 0.29) is 24.4 Å². The van der Waals surface area contributed by atoms with Gasteiger partial charge in [-0.2, -0.15) is 8.78 Å². The van der Waals surface area contributed by atoms with Crippen molar-refractivity contribution in [1.82, 2.24) is 10.2 Å². The number of hydrogen-bond acceptors (Lipinski definition) is 4. The maximum absolute atomic E-state index is 12.7. The number of nitrogens with zero attached hydrogens (tertiary/aromatic N) is 1. The predicted molar refractivity (Wildman–Crippen MR) is 98.1 cm³/mol. The Morgan fingerprint density at radius 2 is 1.96 bits per heavy atom. The van der Waals surface area contributed by atoms with Gasteiger partial charge >= 0.3 is 12.6 Å². The Bertz CT molecular complexity index is 673. The first-order chi connectivity index (χ1) is 12.8. The Kier molecular flexibility index (Phi) is 6.32. The van der Waals surface area contributed by atoms with Crippen LogP contribution in [0.4, 0.5) is 8.78 Å². The molecule has 0 saturated heterocycles. The van der Waals surface area contributed by atoms with E-state index in [1.54, 1.807) is 6.07 Å². The highest BCUT2D eigenvalue weighted by molar-refractivity contribution is 5.69. The minimum atomic E-state index is -2.84. The molecule has 27 heavy (non-hydrogen) atoms. The molecule has 5 nitrogen and oxygen atoms in total. The summed E-state index contributed by atoms with van der Waals surface area (Å²) in [5.41, 5.74) is 2.68. The largest absolute Gasteiger partial charge is 0.480 e. The topological polar surface area (TPSA) is 61.8 Å². The number of ether oxygens (including phenoxy) is 1. The van der Waals surface area contributed by atoms with Gasteiger partial charge in [-0.3, -0.25) is 9.69 Å². The summed E-state index contributed by atoms with van der Waals surface area (Å²) >= 11 is 0. The number of carboxylic acid groups (broad SMARTS) is 1. The van der Waals surface area contributed by atoms with Gasteiger partial charge in [0, 0.05) is 30.7 Å². The van der Waals surface area contributed by atoms with Gasteiger partial charge in [0.25, 0.3) is 0 Å². The van der Waals surface area contributed by atoms with Gasteiger partial charge in [0.05, 0.1) is 6.54 Å². The fourth-order valence-corrected chi connectivity index (χ4v) is 3.65. The van der Waals surface area contributed by atoms with E-state index in [0.29, 0.717) is 12.5 Å². The van der Waals surface area contributed by atoms with Crippen molar-refractivity contribution in [1.29, 1.82) is 0 Å². The smallest absolute Gasteiger partial charge is 0.387 e. The zero-order chi connectivity index (χ0) is 19.6. The third-order valence-electron chi connectivity index (χ3n) is 5.63. The fraction of sp³-hybridized carbons (Fsp3) is 0.650. The Labute approximate surface area is 158 Å². The Balaban J connectivity index is 1.52. The fourth-order valence-electron chi connectivity index (χ4n) is 3.65. The van der Waals surface area contributed by atoms with Crippen molar-refractivity contribution in [2.75, 3.05) is 13.1 Å². The van der Waals surface area contributed by atoms with Crippen molar-refractivity contribution in [3.05, 3.63) is 28.8 Å². The zero-order valence-corrected chi connectivity index (χ0v) is 15.9. The first-order valence-corrected chi connectivity index (χ1v) is 9.56. The second kappa shape index (κ2) is 8.52. The van der Waals surface area contributed by atoms with Crippen LogP contribution in [0.1, 0.15) is 42.4 Å². The van der Waals surface area contributed by atoms with Crippen molar-refractivity contribution in [3.63, 3.8) is 0 Å². The van der Waals surface area contributed by atoms with Crippen LogP contribution in [0.3, 0.4) is 0 Å².